The van der Waals surface area contributed by atoms with Crippen LogP contribution >= 0.6 is 11.3 Å². The topological polar surface area (TPSA) is 38.9 Å². The molecule has 0 fully saturated rings. The predicted molar refractivity (Wildman–Crippen MR) is 52.0 cm³/mol. The molecule has 0 aliphatic heterocycles. The predicted octanol–water partition coefficient (Wildman–Crippen LogP) is 2.39. The molecule has 0 spiro atoms. The molecule has 2 N–H and O–H groups in total. The third-order valence-corrected chi connectivity index (χ3v) is 2.54. The molecule has 2 rings (SSSR count). The van der Waals surface area contributed by atoms with Crippen LogP contribution in [0.1, 0.15) is 0 Å². The Labute approximate surface area is 74.7 Å². The Balaban J connectivity index is 2.55. The Morgan fingerprint density at radius 2 is 2.25 bits per heavy atom. The highest BCUT2D eigenvalue weighted by Crippen LogP contribution is 2.28. The standard InChI is InChI=1S/C9H8N2S/c10-8-3-4-11-6-7(8)9-2-1-5-12-9/h1-6H,(H2,10,11). The van der Waals surface area contributed by atoms with Crippen LogP contribution in [0.15, 0.2) is 36.0 Å². The van der Waals surface area contributed by atoms with Crippen molar-refractivity contribution in [3.8, 4) is 10.4 Å². The summed E-state index contributed by atoms with van der Waals surface area (Å²) in [6.07, 6.45) is 3.49. The first-order valence-electron chi connectivity index (χ1n) is 3.61. The number of thiophene rings is 1. The number of aromatic nitrogens is 1. The zero-order valence-corrected chi connectivity index (χ0v) is 7.21. The maximum Gasteiger partial charge on any atom is 0.0433 e. The molecule has 2 heterocycles. The molecule has 60 valence electrons. The van der Waals surface area contributed by atoms with Gasteiger partial charge in [-0.25, -0.2) is 0 Å². The van der Waals surface area contributed by atoms with Crippen LogP contribution in [0.25, 0.3) is 10.4 Å². The summed E-state index contributed by atoms with van der Waals surface area (Å²) in [6, 6.07) is 5.86. The van der Waals surface area contributed by atoms with Crippen LogP contribution < -0.4 is 5.73 Å². The minimum Gasteiger partial charge on any atom is -0.398 e. The molecule has 0 bridgehead atoms. The van der Waals surface area contributed by atoms with Crippen molar-refractivity contribution in [3.63, 3.8) is 0 Å². The summed E-state index contributed by atoms with van der Waals surface area (Å²) in [5.74, 6) is 0. The molecule has 2 nitrogen and oxygen atoms in total. The van der Waals surface area contributed by atoms with Crippen molar-refractivity contribution in [1.82, 2.24) is 4.98 Å². The molecule has 0 unspecified atom stereocenters. The minimum absolute atomic E-state index is 0.785. The second-order valence-corrected chi connectivity index (χ2v) is 3.39. The number of nitrogen functional groups attached to an aromatic ring is 1. The molecule has 0 saturated heterocycles. The van der Waals surface area contributed by atoms with Gasteiger partial charge < -0.3 is 5.73 Å². The van der Waals surface area contributed by atoms with Crippen molar-refractivity contribution in [2.45, 2.75) is 0 Å². The Hall–Kier alpha value is -1.35. The number of hydrogen-bond donors (Lipinski definition) is 1. The van der Waals surface area contributed by atoms with Crippen LogP contribution in [0, 0.1) is 0 Å². The normalized spacial score (nSPS) is 10.0. The van der Waals surface area contributed by atoms with Gasteiger partial charge >= 0.3 is 0 Å². The SMILES string of the molecule is Nc1ccncc1-c1cccs1. The first-order valence-corrected chi connectivity index (χ1v) is 4.49. The van der Waals surface area contributed by atoms with Crippen molar-refractivity contribution in [1.29, 1.82) is 0 Å². The number of rotatable bonds is 1. The molecular weight excluding hydrogens is 168 g/mol. The van der Waals surface area contributed by atoms with Gasteiger partial charge in [0.2, 0.25) is 0 Å². The summed E-state index contributed by atoms with van der Waals surface area (Å²) in [5, 5.41) is 2.03. The largest absolute Gasteiger partial charge is 0.398 e. The van der Waals surface area contributed by atoms with E-state index in [2.05, 4.69) is 4.98 Å². The summed E-state index contributed by atoms with van der Waals surface area (Å²) in [5.41, 5.74) is 7.58. The lowest BCUT2D eigenvalue weighted by atomic mass is 10.2. The zero-order chi connectivity index (χ0) is 8.39. The molecule has 3 heteroatoms. The molecule has 2 aromatic heterocycles. The van der Waals surface area contributed by atoms with E-state index in [1.807, 2.05) is 23.6 Å². The molecule has 0 saturated carbocycles. The molecule has 0 aliphatic carbocycles. The first kappa shape index (κ1) is 7.31. The van der Waals surface area contributed by atoms with Gasteiger partial charge in [-0.15, -0.1) is 11.3 Å². The van der Waals surface area contributed by atoms with Gasteiger partial charge in [-0.3, -0.25) is 4.98 Å². The van der Waals surface area contributed by atoms with Crippen molar-refractivity contribution >= 4 is 17.0 Å². The summed E-state index contributed by atoms with van der Waals surface area (Å²) in [6.45, 7) is 0. The first-order chi connectivity index (χ1) is 5.88. The Kier molecular flexibility index (Phi) is 1.80. The van der Waals surface area contributed by atoms with E-state index in [1.54, 1.807) is 23.7 Å². The molecule has 0 radical (unpaired) electrons. The molecular formula is C9H8N2S. The average molecular weight is 176 g/mol. The molecule has 0 aliphatic rings. The molecule has 0 amide bonds. The van der Waals surface area contributed by atoms with Gasteiger partial charge in [0.05, 0.1) is 0 Å². The third-order valence-electron chi connectivity index (χ3n) is 1.64. The monoisotopic (exact) mass is 176 g/mol. The highest BCUT2D eigenvalue weighted by atomic mass is 32.1. The summed E-state index contributed by atoms with van der Waals surface area (Å²) < 4.78 is 0. The van der Waals surface area contributed by atoms with E-state index in [-0.39, 0.29) is 0 Å². The molecule has 0 atom stereocenters. The fraction of sp³-hybridized carbons (Fsp3) is 0. The lowest BCUT2D eigenvalue weighted by Gasteiger charge is -1.99. The second kappa shape index (κ2) is 2.95. The van der Waals surface area contributed by atoms with Crippen LogP contribution in [0.3, 0.4) is 0 Å². The number of nitrogens with two attached hydrogens (primary N) is 1. The second-order valence-electron chi connectivity index (χ2n) is 2.44. The van der Waals surface area contributed by atoms with Crippen LogP contribution in [-0.4, -0.2) is 4.98 Å². The minimum atomic E-state index is 0.785. The van der Waals surface area contributed by atoms with E-state index in [0.29, 0.717) is 0 Å². The van der Waals surface area contributed by atoms with E-state index >= 15 is 0 Å². The maximum atomic E-state index is 5.78. The molecule has 2 aromatic rings. The molecule has 12 heavy (non-hydrogen) atoms. The zero-order valence-electron chi connectivity index (χ0n) is 6.40. The Morgan fingerprint density at radius 3 is 2.92 bits per heavy atom. The number of nitrogens with zero attached hydrogens (tertiary/aromatic N) is 1. The summed E-state index contributed by atoms with van der Waals surface area (Å²) in [4.78, 5) is 5.20. The van der Waals surface area contributed by atoms with Crippen molar-refractivity contribution < 1.29 is 0 Å². The lowest BCUT2D eigenvalue weighted by Crippen LogP contribution is -1.88. The van der Waals surface area contributed by atoms with E-state index in [4.69, 9.17) is 5.73 Å². The smallest absolute Gasteiger partial charge is 0.0433 e. The van der Waals surface area contributed by atoms with Gasteiger partial charge in [0.1, 0.15) is 0 Å². The number of anilines is 1. The fourth-order valence-corrected chi connectivity index (χ4v) is 1.80. The van der Waals surface area contributed by atoms with Gasteiger partial charge in [0.25, 0.3) is 0 Å². The van der Waals surface area contributed by atoms with Crippen LogP contribution in [0.2, 0.25) is 0 Å². The van der Waals surface area contributed by atoms with Crippen molar-refractivity contribution in [2.75, 3.05) is 5.73 Å². The lowest BCUT2D eigenvalue weighted by molar-refractivity contribution is 1.34. The van der Waals surface area contributed by atoms with Gasteiger partial charge in [-0.2, -0.15) is 0 Å². The van der Waals surface area contributed by atoms with Gasteiger partial charge in [0, 0.05) is 28.5 Å². The van der Waals surface area contributed by atoms with Crippen LogP contribution in [0.5, 0.6) is 0 Å². The van der Waals surface area contributed by atoms with Gasteiger partial charge in [-0.1, -0.05) is 6.07 Å². The highest BCUT2D eigenvalue weighted by molar-refractivity contribution is 7.13. The van der Waals surface area contributed by atoms with Crippen LogP contribution in [0.4, 0.5) is 5.69 Å². The highest BCUT2D eigenvalue weighted by Gasteiger charge is 2.01. The number of pyridine rings is 1. The summed E-state index contributed by atoms with van der Waals surface area (Å²) >= 11 is 1.67. The average Bonchev–Trinajstić information content (AvgIpc) is 2.57. The van der Waals surface area contributed by atoms with E-state index in [0.717, 1.165) is 11.3 Å². The van der Waals surface area contributed by atoms with E-state index < -0.39 is 0 Å². The van der Waals surface area contributed by atoms with Crippen molar-refractivity contribution in [2.24, 2.45) is 0 Å². The van der Waals surface area contributed by atoms with E-state index in [9.17, 15) is 0 Å². The third kappa shape index (κ3) is 1.19. The summed E-state index contributed by atoms with van der Waals surface area (Å²) in [7, 11) is 0. The van der Waals surface area contributed by atoms with Crippen LogP contribution in [-0.2, 0) is 0 Å². The number of hydrogen-bond acceptors (Lipinski definition) is 3. The quantitative estimate of drug-likeness (QED) is 0.724. The fourth-order valence-electron chi connectivity index (χ4n) is 1.04. The Bertz CT molecular complexity index is 368. The Morgan fingerprint density at radius 1 is 1.33 bits per heavy atom. The van der Waals surface area contributed by atoms with Crippen molar-refractivity contribution in [3.05, 3.63) is 36.0 Å². The maximum absolute atomic E-state index is 5.78. The van der Waals surface area contributed by atoms with Gasteiger partial charge in [0.15, 0.2) is 0 Å². The van der Waals surface area contributed by atoms with E-state index in [1.165, 1.54) is 4.88 Å². The molecule has 0 aromatic carbocycles. The van der Waals surface area contributed by atoms with Gasteiger partial charge in [-0.05, 0) is 17.5 Å².